The van der Waals surface area contributed by atoms with E-state index in [0.29, 0.717) is 5.41 Å². The summed E-state index contributed by atoms with van der Waals surface area (Å²) >= 11 is 0. The molecule has 4 nitrogen and oxygen atoms in total. The van der Waals surface area contributed by atoms with Crippen LogP contribution in [-0.4, -0.2) is 60.9 Å². The lowest BCUT2D eigenvalue weighted by Crippen LogP contribution is -2.60. The minimum absolute atomic E-state index is 0.382. The largest absolute Gasteiger partial charge is 0.558 e. The summed E-state index contributed by atoms with van der Waals surface area (Å²) in [6.45, 7) is 9.38. The summed E-state index contributed by atoms with van der Waals surface area (Å²) in [7, 11) is 4.92. The predicted molar refractivity (Wildman–Crippen MR) is 75.1 cm³/mol. The van der Waals surface area contributed by atoms with Gasteiger partial charge in [0, 0.05) is 33.7 Å². The van der Waals surface area contributed by atoms with Crippen molar-refractivity contribution in [3.63, 3.8) is 0 Å². The van der Waals surface area contributed by atoms with Gasteiger partial charge in [0.25, 0.3) is 0 Å². The van der Waals surface area contributed by atoms with Crippen LogP contribution < -0.4 is 0 Å². The van der Waals surface area contributed by atoms with Crippen LogP contribution in [-0.2, 0) is 13.3 Å². The Labute approximate surface area is 113 Å². The van der Waals surface area contributed by atoms with Gasteiger partial charge in [-0.1, -0.05) is 20.8 Å². The number of hydrogen-bond acceptors (Lipinski definition) is 3. The van der Waals surface area contributed by atoms with Gasteiger partial charge in [0.15, 0.2) is 0 Å². The fraction of sp³-hybridized carbons (Fsp3) is 1.00. The van der Waals surface area contributed by atoms with E-state index in [-0.39, 0.29) is 0 Å². The summed E-state index contributed by atoms with van der Waals surface area (Å²) in [4.78, 5) is 0. The second-order valence-electron chi connectivity index (χ2n) is 6.83. The topological polar surface area (TPSA) is 27.7 Å². The number of rotatable bonds is 5. The Kier molecular flexibility index (Phi) is 5.00. The molecule has 1 aliphatic heterocycles. The maximum absolute atomic E-state index is 5.56. The fourth-order valence-electron chi connectivity index (χ4n) is 2.94. The van der Waals surface area contributed by atoms with Crippen LogP contribution >= 0.6 is 0 Å². The molecule has 2 unspecified atom stereocenters. The van der Waals surface area contributed by atoms with Crippen molar-refractivity contribution in [1.82, 2.24) is 0 Å². The van der Waals surface area contributed by atoms with Gasteiger partial charge in [-0.2, -0.15) is 0 Å². The molecule has 0 aromatic heterocycles. The molecule has 0 saturated carbocycles. The van der Waals surface area contributed by atoms with Crippen LogP contribution in [0.2, 0.25) is 0 Å². The van der Waals surface area contributed by atoms with Crippen molar-refractivity contribution in [3.05, 3.63) is 0 Å². The fourth-order valence-corrected chi connectivity index (χ4v) is 5.05. The van der Waals surface area contributed by atoms with Crippen molar-refractivity contribution in [3.8, 4) is 0 Å². The lowest BCUT2D eigenvalue weighted by atomic mass is 9.80. The summed E-state index contributed by atoms with van der Waals surface area (Å²) in [5.41, 5.74) is 0.382. The molecule has 0 spiro atoms. The van der Waals surface area contributed by atoms with E-state index < -0.39 is 8.80 Å². The Bertz CT molecular complexity index is 268. The van der Waals surface area contributed by atoms with E-state index in [2.05, 4.69) is 27.8 Å². The van der Waals surface area contributed by atoms with Gasteiger partial charge >= 0.3 is 8.80 Å². The van der Waals surface area contributed by atoms with Crippen molar-refractivity contribution in [1.29, 1.82) is 0 Å². The molecule has 1 heterocycles. The van der Waals surface area contributed by atoms with Gasteiger partial charge in [0.2, 0.25) is 0 Å². The predicted octanol–water partition coefficient (Wildman–Crippen LogP) is 1.92. The molecule has 5 heteroatoms. The first-order chi connectivity index (χ1) is 8.20. The molecular weight excluding hydrogens is 246 g/mol. The Balaban J connectivity index is 2.73. The number of quaternary nitrogens is 1. The highest BCUT2D eigenvalue weighted by atomic mass is 28.4. The molecule has 18 heavy (non-hydrogen) atoms. The van der Waals surface area contributed by atoms with Crippen molar-refractivity contribution >= 4 is 8.80 Å². The number of likely N-dealkylation sites (tertiary alicyclic amines) is 1. The van der Waals surface area contributed by atoms with E-state index in [9.17, 15) is 0 Å². The minimum atomic E-state index is -2.47. The van der Waals surface area contributed by atoms with Crippen LogP contribution in [0.5, 0.6) is 0 Å². The van der Waals surface area contributed by atoms with Gasteiger partial charge < -0.3 is 17.8 Å². The van der Waals surface area contributed by atoms with Crippen LogP contribution in [0, 0.1) is 11.3 Å². The average molecular weight is 276 g/mol. The Hall–Kier alpha value is 0.0569. The molecule has 1 aliphatic rings. The molecule has 1 rings (SSSR count). The number of nitrogens with zero attached hydrogens (tertiary/aromatic N) is 1. The summed E-state index contributed by atoms with van der Waals surface area (Å²) < 4.78 is 17.7. The molecule has 2 atom stereocenters. The Morgan fingerprint density at radius 1 is 1.11 bits per heavy atom. The first-order valence-electron chi connectivity index (χ1n) is 6.69. The molecule has 0 aromatic rings. The maximum Gasteiger partial charge on any atom is 0.558 e. The van der Waals surface area contributed by atoms with Crippen LogP contribution in [0.15, 0.2) is 0 Å². The molecular formula is C13H30NO3Si+. The van der Waals surface area contributed by atoms with E-state index in [0.717, 1.165) is 16.6 Å². The third kappa shape index (κ3) is 3.54. The molecule has 108 valence electrons. The monoisotopic (exact) mass is 276 g/mol. The molecule has 0 N–H and O–H groups in total. The summed E-state index contributed by atoms with van der Waals surface area (Å²) in [6.07, 6.45) is 2.14. The average Bonchev–Trinajstić information content (AvgIpc) is 2.69. The third-order valence-corrected chi connectivity index (χ3v) is 7.43. The van der Waals surface area contributed by atoms with E-state index in [1.54, 1.807) is 21.3 Å². The molecule has 0 aliphatic carbocycles. The van der Waals surface area contributed by atoms with Crippen molar-refractivity contribution < 1.29 is 17.8 Å². The van der Waals surface area contributed by atoms with E-state index in [1.807, 2.05) is 0 Å². The second-order valence-corrected chi connectivity index (χ2v) is 9.74. The standard InChI is InChI=1S/C13H30NO3Si/c1-13(2,3)12-8-9-14(4,10-12)11-18(15-5,16-6)17-7/h12H,8-11H2,1-7H3/q+1. The Morgan fingerprint density at radius 3 is 1.94 bits per heavy atom. The molecule has 1 saturated heterocycles. The molecule has 0 radical (unpaired) electrons. The highest BCUT2D eigenvalue weighted by Crippen LogP contribution is 2.37. The van der Waals surface area contributed by atoms with Crippen molar-refractivity contribution in [2.24, 2.45) is 11.3 Å². The minimum Gasteiger partial charge on any atom is -0.374 e. The lowest BCUT2D eigenvalue weighted by Gasteiger charge is -2.37. The van der Waals surface area contributed by atoms with Crippen LogP contribution in [0.4, 0.5) is 0 Å². The first kappa shape index (κ1) is 16.1. The summed E-state index contributed by atoms with van der Waals surface area (Å²) in [6, 6.07) is 0. The van der Waals surface area contributed by atoms with Gasteiger partial charge in [-0.3, -0.25) is 0 Å². The van der Waals surface area contributed by atoms with Crippen molar-refractivity contribution in [2.45, 2.75) is 27.2 Å². The van der Waals surface area contributed by atoms with Crippen molar-refractivity contribution in [2.75, 3.05) is 47.6 Å². The van der Waals surface area contributed by atoms with Gasteiger partial charge in [-0.25, -0.2) is 0 Å². The van der Waals surface area contributed by atoms with Crippen LogP contribution in [0.25, 0.3) is 0 Å². The third-order valence-electron chi connectivity index (χ3n) is 4.41. The van der Waals surface area contributed by atoms with Crippen LogP contribution in [0.1, 0.15) is 27.2 Å². The lowest BCUT2D eigenvalue weighted by molar-refractivity contribution is -0.892. The zero-order valence-corrected chi connectivity index (χ0v) is 14.1. The highest BCUT2D eigenvalue weighted by molar-refractivity contribution is 6.60. The molecule has 1 fully saturated rings. The quantitative estimate of drug-likeness (QED) is 0.567. The molecule has 0 aromatic carbocycles. The smallest absolute Gasteiger partial charge is 0.374 e. The zero-order chi connectivity index (χ0) is 14.0. The van der Waals surface area contributed by atoms with E-state index in [4.69, 9.17) is 13.3 Å². The first-order valence-corrected chi connectivity index (χ1v) is 8.62. The molecule has 0 bridgehead atoms. The SMILES string of the molecule is CO[Si](C[N+]1(C)CCC(C(C)(C)C)C1)(OC)OC. The highest BCUT2D eigenvalue weighted by Gasteiger charge is 2.51. The summed E-state index contributed by atoms with van der Waals surface area (Å²) in [5, 5.41) is 0. The van der Waals surface area contributed by atoms with Gasteiger partial charge in [0.05, 0.1) is 20.1 Å². The van der Waals surface area contributed by atoms with Gasteiger partial charge in [0.1, 0.15) is 6.17 Å². The van der Waals surface area contributed by atoms with Crippen LogP contribution in [0.3, 0.4) is 0 Å². The number of hydrogen-bond donors (Lipinski definition) is 0. The summed E-state index contributed by atoms with van der Waals surface area (Å²) in [5.74, 6) is 0.764. The van der Waals surface area contributed by atoms with Gasteiger partial charge in [-0.05, 0) is 5.41 Å². The zero-order valence-electron chi connectivity index (χ0n) is 13.1. The van der Waals surface area contributed by atoms with E-state index in [1.165, 1.54) is 19.5 Å². The van der Waals surface area contributed by atoms with E-state index >= 15 is 0 Å². The maximum atomic E-state index is 5.56. The normalized spacial score (nSPS) is 29.8. The Morgan fingerprint density at radius 2 is 1.61 bits per heavy atom. The molecule has 0 amide bonds. The van der Waals surface area contributed by atoms with Gasteiger partial charge in [-0.15, -0.1) is 0 Å². The second kappa shape index (κ2) is 5.59.